The number of carbonyl (C=O) groups is 1. The molecule has 1 aliphatic rings. The molecule has 3 aromatic rings. The summed E-state index contributed by atoms with van der Waals surface area (Å²) in [6.45, 7) is 0.298. The van der Waals surface area contributed by atoms with Gasteiger partial charge >= 0.3 is 0 Å². The molecule has 3 heterocycles. The number of aromatic nitrogens is 3. The average molecular weight is 389 g/mol. The first-order valence-corrected chi connectivity index (χ1v) is 8.78. The number of hydrogen-bond acceptors (Lipinski definition) is 3. The van der Waals surface area contributed by atoms with Crippen LogP contribution in [0.15, 0.2) is 48.8 Å². The highest BCUT2D eigenvalue weighted by Gasteiger charge is 2.39. The smallest absolute Gasteiger partial charge is 0.263 e. The molecule has 27 heavy (non-hydrogen) atoms. The standard InChI is InChI=1S/C19H15ClF2N4O/c20-14-2-1-12(9-15(14)21)13-5-8-26(19(27)18(13)22)17-10-16(24-25-17)11-3-6-23-7-4-11/h1-4,6-7,9-10,13,18H,5,8H2,(H,24,25)/t13-,18+/m1/s1. The van der Waals surface area contributed by atoms with Crippen LogP contribution in [0.2, 0.25) is 5.02 Å². The van der Waals surface area contributed by atoms with E-state index in [9.17, 15) is 13.6 Å². The molecule has 138 valence electrons. The van der Waals surface area contributed by atoms with E-state index in [1.165, 1.54) is 17.0 Å². The number of halogens is 3. The minimum atomic E-state index is -1.77. The Hall–Kier alpha value is -2.80. The number of alkyl halides is 1. The lowest BCUT2D eigenvalue weighted by Crippen LogP contribution is -2.46. The van der Waals surface area contributed by atoms with E-state index in [1.807, 2.05) is 0 Å². The largest absolute Gasteiger partial charge is 0.295 e. The number of nitrogens with zero attached hydrogens (tertiary/aromatic N) is 3. The molecule has 1 aromatic carbocycles. The molecule has 0 saturated carbocycles. The molecular formula is C19H15ClF2N4O. The second kappa shape index (κ2) is 7.08. The molecule has 0 unspecified atom stereocenters. The van der Waals surface area contributed by atoms with Crippen molar-refractivity contribution in [3.8, 4) is 11.3 Å². The summed E-state index contributed by atoms with van der Waals surface area (Å²) in [6, 6.07) is 9.42. The lowest BCUT2D eigenvalue weighted by Gasteiger charge is -2.33. The van der Waals surface area contributed by atoms with Crippen molar-refractivity contribution in [2.24, 2.45) is 0 Å². The topological polar surface area (TPSA) is 61.9 Å². The zero-order valence-corrected chi connectivity index (χ0v) is 14.8. The van der Waals surface area contributed by atoms with Gasteiger partial charge in [0.05, 0.1) is 10.7 Å². The van der Waals surface area contributed by atoms with Gasteiger partial charge in [-0.1, -0.05) is 17.7 Å². The fraction of sp³-hybridized carbons (Fsp3) is 0.211. The maximum Gasteiger partial charge on any atom is 0.263 e. The number of H-pyrrole nitrogens is 1. The first-order valence-electron chi connectivity index (χ1n) is 8.41. The highest BCUT2D eigenvalue weighted by molar-refractivity contribution is 6.30. The van der Waals surface area contributed by atoms with E-state index in [1.54, 1.807) is 36.7 Å². The van der Waals surface area contributed by atoms with Gasteiger partial charge in [0.15, 0.2) is 6.17 Å². The van der Waals surface area contributed by atoms with Crippen LogP contribution in [0.25, 0.3) is 11.3 Å². The zero-order valence-electron chi connectivity index (χ0n) is 14.1. The number of rotatable bonds is 3. The molecule has 5 nitrogen and oxygen atoms in total. The normalized spacial score (nSPS) is 20.1. The van der Waals surface area contributed by atoms with E-state index < -0.39 is 23.8 Å². The Kier molecular flexibility index (Phi) is 4.61. The van der Waals surface area contributed by atoms with Gasteiger partial charge in [0, 0.05) is 36.5 Å². The number of hydrogen-bond donors (Lipinski definition) is 1. The molecule has 0 bridgehead atoms. The van der Waals surface area contributed by atoms with Crippen LogP contribution in [-0.4, -0.2) is 33.8 Å². The van der Waals surface area contributed by atoms with Crippen molar-refractivity contribution in [1.29, 1.82) is 0 Å². The van der Waals surface area contributed by atoms with E-state index >= 15 is 0 Å². The molecule has 4 rings (SSSR count). The highest BCUT2D eigenvalue weighted by atomic mass is 35.5. The Bertz CT molecular complexity index is 979. The molecule has 0 spiro atoms. The van der Waals surface area contributed by atoms with Gasteiger partial charge < -0.3 is 0 Å². The molecule has 2 atom stereocenters. The lowest BCUT2D eigenvalue weighted by atomic mass is 9.87. The predicted molar refractivity (Wildman–Crippen MR) is 97.8 cm³/mol. The predicted octanol–water partition coefficient (Wildman–Crippen LogP) is 4.12. The number of piperidine rings is 1. The fourth-order valence-corrected chi connectivity index (χ4v) is 3.40. The Morgan fingerprint density at radius 2 is 1.96 bits per heavy atom. The fourth-order valence-electron chi connectivity index (χ4n) is 3.28. The summed E-state index contributed by atoms with van der Waals surface area (Å²) in [5.74, 6) is -1.57. The van der Waals surface area contributed by atoms with Gasteiger partial charge in [-0.25, -0.2) is 8.78 Å². The first kappa shape index (κ1) is 17.6. The van der Waals surface area contributed by atoms with Crippen molar-refractivity contribution < 1.29 is 13.6 Å². The highest BCUT2D eigenvalue weighted by Crippen LogP contribution is 2.35. The summed E-state index contributed by atoms with van der Waals surface area (Å²) < 4.78 is 28.5. The monoisotopic (exact) mass is 388 g/mol. The van der Waals surface area contributed by atoms with Crippen LogP contribution in [0.1, 0.15) is 17.9 Å². The van der Waals surface area contributed by atoms with Gasteiger partial charge in [-0.15, -0.1) is 0 Å². The molecule has 0 aliphatic carbocycles. The first-order chi connectivity index (χ1) is 13.0. The van der Waals surface area contributed by atoms with Gasteiger partial charge in [0.2, 0.25) is 0 Å². The molecule has 1 amide bonds. The second-order valence-corrected chi connectivity index (χ2v) is 6.74. The van der Waals surface area contributed by atoms with Crippen molar-refractivity contribution in [2.45, 2.75) is 18.5 Å². The molecule has 1 fully saturated rings. The maximum absolute atomic E-state index is 14.8. The maximum atomic E-state index is 14.8. The van der Waals surface area contributed by atoms with E-state index in [0.717, 1.165) is 5.56 Å². The summed E-state index contributed by atoms with van der Waals surface area (Å²) in [5.41, 5.74) is 1.90. The second-order valence-electron chi connectivity index (χ2n) is 6.33. The number of anilines is 1. The quantitative estimate of drug-likeness (QED) is 0.734. The van der Waals surface area contributed by atoms with Crippen LogP contribution >= 0.6 is 11.6 Å². The number of pyridine rings is 1. The van der Waals surface area contributed by atoms with Gasteiger partial charge in [-0.05, 0) is 36.2 Å². The third-order valence-electron chi connectivity index (χ3n) is 4.72. The third-order valence-corrected chi connectivity index (χ3v) is 5.03. The van der Waals surface area contributed by atoms with Crippen LogP contribution in [0.3, 0.4) is 0 Å². The number of benzene rings is 1. The molecule has 1 N–H and O–H groups in total. The van der Waals surface area contributed by atoms with E-state index in [0.29, 0.717) is 30.0 Å². The SMILES string of the molecule is O=C1[C@@H](F)[C@@H](c2ccc(Cl)c(F)c2)CCN1c1cc(-c2ccncc2)n[nH]1. The van der Waals surface area contributed by atoms with Gasteiger partial charge in [-0.2, -0.15) is 5.10 Å². The lowest BCUT2D eigenvalue weighted by molar-refractivity contribution is -0.125. The molecule has 1 aliphatic heterocycles. The van der Waals surface area contributed by atoms with Crippen LogP contribution < -0.4 is 4.90 Å². The number of aromatic amines is 1. The number of carbonyl (C=O) groups excluding carboxylic acids is 1. The van der Waals surface area contributed by atoms with E-state index in [4.69, 9.17) is 11.6 Å². The summed E-state index contributed by atoms with van der Waals surface area (Å²) in [4.78, 5) is 17.9. The van der Waals surface area contributed by atoms with Crippen molar-refractivity contribution in [2.75, 3.05) is 11.4 Å². The van der Waals surface area contributed by atoms with Crippen LogP contribution in [-0.2, 0) is 4.79 Å². The molecule has 8 heteroatoms. The van der Waals surface area contributed by atoms with E-state index in [2.05, 4.69) is 15.2 Å². The van der Waals surface area contributed by atoms with Crippen molar-refractivity contribution in [3.63, 3.8) is 0 Å². The average Bonchev–Trinajstić information content (AvgIpc) is 3.17. The zero-order chi connectivity index (χ0) is 19.0. The van der Waals surface area contributed by atoms with Crippen molar-refractivity contribution in [1.82, 2.24) is 15.2 Å². The van der Waals surface area contributed by atoms with Crippen LogP contribution in [0.4, 0.5) is 14.6 Å². The van der Waals surface area contributed by atoms with Crippen LogP contribution in [0, 0.1) is 5.82 Å². The molecule has 0 radical (unpaired) electrons. The van der Waals surface area contributed by atoms with Gasteiger partial charge in [-0.3, -0.25) is 19.8 Å². The van der Waals surface area contributed by atoms with Crippen LogP contribution in [0.5, 0.6) is 0 Å². The van der Waals surface area contributed by atoms with Gasteiger partial charge in [0.1, 0.15) is 11.6 Å². The number of nitrogens with one attached hydrogen (secondary N) is 1. The Morgan fingerprint density at radius 3 is 2.70 bits per heavy atom. The Labute approximate surface area is 159 Å². The summed E-state index contributed by atoms with van der Waals surface area (Å²) >= 11 is 5.68. The molecular weight excluding hydrogens is 374 g/mol. The minimum absolute atomic E-state index is 0.0287. The third kappa shape index (κ3) is 3.30. The summed E-state index contributed by atoms with van der Waals surface area (Å²) in [6.07, 6.45) is 1.87. The molecule has 1 saturated heterocycles. The summed E-state index contributed by atoms with van der Waals surface area (Å²) in [5, 5.41) is 6.94. The van der Waals surface area contributed by atoms with Gasteiger partial charge in [0.25, 0.3) is 5.91 Å². The number of amides is 1. The molecule has 2 aromatic heterocycles. The Balaban J connectivity index is 1.55. The minimum Gasteiger partial charge on any atom is -0.295 e. The Morgan fingerprint density at radius 1 is 1.19 bits per heavy atom. The summed E-state index contributed by atoms with van der Waals surface area (Å²) in [7, 11) is 0. The van der Waals surface area contributed by atoms with Crippen molar-refractivity contribution in [3.05, 3.63) is 65.2 Å². The van der Waals surface area contributed by atoms with E-state index in [-0.39, 0.29) is 5.02 Å². The van der Waals surface area contributed by atoms with Crippen molar-refractivity contribution >= 4 is 23.3 Å².